The third-order valence-corrected chi connectivity index (χ3v) is 8.98. The van der Waals surface area contributed by atoms with Crippen LogP contribution in [0.4, 0.5) is 0 Å². The zero-order valence-electron chi connectivity index (χ0n) is 31.2. The molecule has 0 radical (unpaired) electrons. The van der Waals surface area contributed by atoms with Crippen LogP contribution in [0.25, 0.3) is 0 Å². The first kappa shape index (κ1) is 47.2. The lowest BCUT2D eigenvalue weighted by molar-refractivity contribution is -0.161. The molecule has 0 fully saturated rings. The summed E-state index contributed by atoms with van der Waals surface area (Å²) in [5.74, 6) is -0.857. The van der Waals surface area contributed by atoms with Crippen LogP contribution in [-0.2, 0) is 32.7 Å². The normalized spacial score (nSPS) is 13.8. The number of hydrogen-bond donors (Lipinski definition) is 2. The van der Waals surface area contributed by atoms with E-state index in [1.165, 1.54) is 57.8 Å². The van der Waals surface area contributed by atoms with Crippen molar-refractivity contribution in [2.45, 2.75) is 174 Å². The standard InChI is InChI=1S/C39H72NO8P/c1-3-5-7-9-11-13-15-17-18-19-20-22-24-26-28-30-32-39(42)48-37(36-47-49(43,44)46-34-33-40)35-45-38(41)31-29-27-25-23-21-16-14-12-10-8-6-4-2/h12-15,18-19,37H,3-11,16-17,20-36,40H2,1-2H3,(H,43,44)/b14-12-,15-13-,19-18-. The maximum Gasteiger partial charge on any atom is 0.472 e. The van der Waals surface area contributed by atoms with Crippen molar-refractivity contribution in [1.29, 1.82) is 0 Å². The lowest BCUT2D eigenvalue weighted by Gasteiger charge is -2.19. The van der Waals surface area contributed by atoms with Crippen molar-refractivity contribution >= 4 is 19.8 Å². The zero-order chi connectivity index (χ0) is 36.1. The molecule has 0 heterocycles. The maximum atomic E-state index is 12.5. The van der Waals surface area contributed by atoms with E-state index in [2.05, 4.69) is 50.3 Å². The lowest BCUT2D eigenvalue weighted by Crippen LogP contribution is -2.29. The van der Waals surface area contributed by atoms with Crippen LogP contribution in [0, 0.1) is 0 Å². The molecule has 0 aromatic rings. The first-order valence-corrected chi connectivity index (χ1v) is 21.0. The van der Waals surface area contributed by atoms with Gasteiger partial charge < -0.3 is 20.1 Å². The minimum absolute atomic E-state index is 0.0493. The number of phosphoric acid groups is 1. The molecular weight excluding hydrogens is 641 g/mol. The van der Waals surface area contributed by atoms with E-state index >= 15 is 0 Å². The number of allylic oxidation sites excluding steroid dienone is 6. The molecule has 0 aliphatic heterocycles. The first-order valence-electron chi connectivity index (χ1n) is 19.5. The molecule has 0 rings (SSSR count). The molecule has 0 aliphatic rings. The van der Waals surface area contributed by atoms with Crippen LogP contribution in [0.1, 0.15) is 168 Å². The third-order valence-electron chi connectivity index (χ3n) is 8.00. The minimum atomic E-state index is -4.38. The predicted molar refractivity (Wildman–Crippen MR) is 201 cm³/mol. The van der Waals surface area contributed by atoms with Gasteiger partial charge in [0.25, 0.3) is 0 Å². The van der Waals surface area contributed by atoms with Gasteiger partial charge in [-0.2, -0.15) is 0 Å². The van der Waals surface area contributed by atoms with Crippen molar-refractivity contribution in [2.24, 2.45) is 5.73 Å². The number of carbonyl (C=O) groups excluding carboxylic acids is 2. The summed E-state index contributed by atoms with van der Waals surface area (Å²) < 4.78 is 32.6. The summed E-state index contributed by atoms with van der Waals surface area (Å²) in [6.07, 6.45) is 37.4. The summed E-state index contributed by atoms with van der Waals surface area (Å²) in [4.78, 5) is 34.7. The average molecular weight is 714 g/mol. The number of hydrogen-bond acceptors (Lipinski definition) is 8. The van der Waals surface area contributed by atoms with Gasteiger partial charge in [-0.15, -0.1) is 0 Å². The van der Waals surface area contributed by atoms with Gasteiger partial charge in [0.05, 0.1) is 13.2 Å². The van der Waals surface area contributed by atoms with Crippen molar-refractivity contribution in [3.05, 3.63) is 36.5 Å². The van der Waals surface area contributed by atoms with Gasteiger partial charge in [-0.05, 0) is 70.6 Å². The highest BCUT2D eigenvalue weighted by Gasteiger charge is 2.25. The SMILES string of the molecule is CCCCC/C=C\CCCCCCCC(=O)OCC(COP(=O)(O)OCCN)OC(=O)CCCCCCC/C=C\C/C=C\CCCCCC. The van der Waals surface area contributed by atoms with Crippen molar-refractivity contribution in [1.82, 2.24) is 0 Å². The summed E-state index contributed by atoms with van der Waals surface area (Å²) >= 11 is 0. The highest BCUT2D eigenvalue weighted by molar-refractivity contribution is 7.47. The minimum Gasteiger partial charge on any atom is -0.462 e. The van der Waals surface area contributed by atoms with E-state index in [0.717, 1.165) is 77.0 Å². The van der Waals surface area contributed by atoms with Crippen LogP contribution in [-0.4, -0.2) is 49.3 Å². The molecule has 286 valence electrons. The Labute approximate surface area is 299 Å². The lowest BCUT2D eigenvalue weighted by atomic mass is 10.1. The molecule has 3 N–H and O–H groups in total. The van der Waals surface area contributed by atoms with Gasteiger partial charge in [0, 0.05) is 19.4 Å². The highest BCUT2D eigenvalue weighted by atomic mass is 31.2. The second kappa shape index (κ2) is 36.0. The number of rotatable bonds is 36. The molecule has 49 heavy (non-hydrogen) atoms. The maximum absolute atomic E-state index is 12.5. The molecule has 10 heteroatoms. The van der Waals surface area contributed by atoms with Gasteiger partial charge in [-0.3, -0.25) is 18.6 Å². The zero-order valence-corrected chi connectivity index (χ0v) is 32.1. The van der Waals surface area contributed by atoms with Crippen LogP contribution in [0.2, 0.25) is 0 Å². The summed E-state index contributed by atoms with van der Waals surface area (Å²) in [6.45, 7) is 3.65. The van der Waals surface area contributed by atoms with Crippen molar-refractivity contribution in [2.75, 3.05) is 26.4 Å². The Morgan fingerprint density at radius 2 is 1.06 bits per heavy atom. The number of ether oxygens (including phenoxy) is 2. The Morgan fingerprint density at radius 1 is 0.612 bits per heavy atom. The van der Waals surface area contributed by atoms with Crippen LogP contribution < -0.4 is 5.73 Å². The van der Waals surface area contributed by atoms with Gasteiger partial charge in [0.1, 0.15) is 6.61 Å². The second-order valence-electron chi connectivity index (χ2n) is 12.8. The number of carbonyl (C=O) groups is 2. The van der Waals surface area contributed by atoms with Crippen molar-refractivity contribution in [3.8, 4) is 0 Å². The number of esters is 2. The van der Waals surface area contributed by atoms with Gasteiger partial charge in [0.2, 0.25) is 0 Å². The molecule has 0 amide bonds. The molecule has 0 saturated heterocycles. The highest BCUT2D eigenvalue weighted by Crippen LogP contribution is 2.43. The Hall–Kier alpha value is -1.77. The van der Waals surface area contributed by atoms with E-state index in [1.54, 1.807) is 0 Å². The van der Waals surface area contributed by atoms with E-state index in [0.29, 0.717) is 6.42 Å². The average Bonchev–Trinajstić information content (AvgIpc) is 3.08. The number of unbranched alkanes of at least 4 members (excludes halogenated alkanes) is 17. The van der Waals surface area contributed by atoms with E-state index in [4.69, 9.17) is 24.3 Å². The Balaban J connectivity index is 4.25. The smallest absolute Gasteiger partial charge is 0.462 e. The molecule has 0 aromatic heterocycles. The van der Waals surface area contributed by atoms with Crippen LogP contribution in [0.5, 0.6) is 0 Å². The molecule has 0 spiro atoms. The van der Waals surface area contributed by atoms with Gasteiger partial charge >= 0.3 is 19.8 Å². The molecule has 2 atom stereocenters. The summed E-state index contributed by atoms with van der Waals surface area (Å²) in [5.41, 5.74) is 5.33. The fourth-order valence-corrected chi connectivity index (χ4v) is 5.83. The summed E-state index contributed by atoms with van der Waals surface area (Å²) in [5, 5.41) is 0. The first-order chi connectivity index (χ1) is 23.8. The molecule has 0 aliphatic carbocycles. The van der Waals surface area contributed by atoms with E-state index < -0.39 is 32.5 Å². The molecule has 0 bridgehead atoms. The monoisotopic (exact) mass is 713 g/mol. The molecule has 9 nitrogen and oxygen atoms in total. The molecule has 2 unspecified atom stereocenters. The summed E-state index contributed by atoms with van der Waals surface area (Å²) in [6, 6.07) is 0. The topological polar surface area (TPSA) is 134 Å². The molecule has 0 saturated carbocycles. The van der Waals surface area contributed by atoms with Gasteiger partial charge in [-0.1, -0.05) is 121 Å². The fourth-order valence-electron chi connectivity index (χ4n) is 5.07. The van der Waals surface area contributed by atoms with E-state index in [9.17, 15) is 19.0 Å². The number of nitrogens with two attached hydrogens (primary N) is 1. The molecule has 0 aromatic carbocycles. The Morgan fingerprint density at radius 3 is 1.61 bits per heavy atom. The third kappa shape index (κ3) is 35.8. The Kier molecular flexibility index (Phi) is 34.7. The van der Waals surface area contributed by atoms with Crippen LogP contribution in [0.3, 0.4) is 0 Å². The van der Waals surface area contributed by atoms with E-state index in [1.807, 2.05) is 0 Å². The molecular formula is C39H72NO8P. The van der Waals surface area contributed by atoms with Gasteiger partial charge in [-0.25, -0.2) is 4.57 Å². The van der Waals surface area contributed by atoms with Crippen molar-refractivity contribution in [3.63, 3.8) is 0 Å². The number of phosphoric ester groups is 1. The van der Waals surface area contributed by atoms with Crippen LogP contribution in [0.15, 0.2) is 36.5 Å². The summed E-state index contributed by atoms with van der Waals surface area (Å²) in [7, 11) is -4.38. The van der Waals surface area contributed by atoms with Crippen molar-refractivity contribution < 1.29 is 37.6 Å². The Bertz CT molecular complexity index is 907. The fraction of sp³-hybridized carbons (Fsp3) is 0.795. The van der Waals surface area contributed by atoms with Crippen LogP contribution >= 0.6 is 7.82 Å². The largest absolute Gasteiger partial charge is 0.472 e. The second-order valence-corrected chi connectivity index (χ2v) is 14.2. The quantitative estimate of drug-likeness (QED) is 0.0281. The van der Waals surface area contributed by atoms with E-state index in [-0.39, 0.29) is 32.6 Å². The van der Waals surface area contributed by atoms with Gasteiger partial charge in [0.15, 0.2) is 6.10 Å². The predicted octanol–water partition coefficient (Wildman–Crippen LogP) is 10.6.